The van der Waals surface area contributed by atoms with E-state index >= 15 is 0 Å². The van der Waals surface area contributed by atoms with Crippen molar-refractivity contribution in [2.45, 2.75) is 76.6 Å². The molecule has 0 aromatic heterocycles. The fourth-order valence-corrected chi connectivity index (χ4v) is 2.57. The number of hydrogen-bond donors (Lipinski definition) is 2. The van der Waals surface area contributed by atoms with Gasteiger partial charge in [0, 0.05) is 25.2 Å². The number of methoxy groups -OCH3 is 1. The smallest absolute Gasteiger partial charge is 0.0637 e. The first kappa shape index (κ1) is 13.9. The summed E-state index contributed by atoms with van der Waals surface area (Å²) < 4.78 is 5.45. The van der Waals surface area contributed by atoms with E-state index in [4.69, 9.17) is 10.5 Å². The Morgan fingerprint density at radius 1 is 1.31 bits per heavy atom. The summed E-state index contributed by atoms with van der Waals surface area (Å²) in [6.07, 6.45) is 5.82. The lowest BCUT2D eigenvalue weighted by atomic mass is 9.90. The van der Waals surface area contributed by atoms with Crippen molar-refractivity contribution >= 4 is 0 Å². The van der Waals surface area contributed by atoms with Gasteiger partial charge in [-0.25, -0.2) is 0 Å². The largest absolute Gasteiger partial charge is 0.379 e. The number of ether oxygens (including phenoxy) is 1. The van der Waals surface area contributed by atoms with Gasteiger partial charge in [0.25, 0.3) is 0 Å². The summed E-state index contributed by atoms with van der Waals surface area (Å²) in [5, 5.41) is 3.69. The molecule has 1 aliphatic rings. The fourth-order valence-electron chi connectivity index (χ4n) is 2.57. The number of hydrogen-bond acceptors (Lipinski definition) is 3. The topological polar surface area (TPSA) is 47.3 Å². The lowest BCUT2D eigenvalue weighted by Gasteiger charge is -2.33. The summed E-state index contributed by atoms with van der Waals surface area (Å²) in [6.45, 7) is 6.53. The minimum atomic E-state index is -0.0303. The summed E-state index contributed by atoms with van der Waals surface area (Å²) in [7, 11) is 1.78. The minimum Gasteiger partial charge on any atom is -0.379 e. The lowest BCUT2D eigenvalue weighted by Crippen LogP contribution is -2.44. The molecule has 96 valence electrons. The Balaban J connectivity index is 2.26. The van der Waals surface area contributed by atoms with Gasteiger partial charge < -0.3 is 15.8 Å². The van der Waals surface area contributed by atoms with E-state index in [0.717, 1.165) is 19.3 Å². The Bertz CT molecular complexity index is 198. The van der Waals surface area contributed by atoms with Gasteiger partial charge in [0.2, 0.25) is 0 Å². The maximum atomic E-state index is 5.90. The molecular weight excluding hydrogens is 200 g/mol. The Kier molecular flexibility index (Phi) is 5.22. The third-order valence-electron chi connectivity index (χ3n) is 3.64. The van der Waals surface area contributed by atoms with Crippen LogP contribution in [0.4, 0.5) is 0 Å². The summed E-state index contributed by atoms with van der Waals surface area (Å²) in [4.78, 5) is 0. The summed E-state index contributed by atoms with van der Waals surface area (Å²) in [5.74, 6) is 0. The average molecular weight is 228 g/mol. The van der Waals surface area contributed by atoms with E-state index in [2.05, 4.69) is 26.1 Å². The number of rotatable bonds is 5. The molecule has 0 amide bonds. The lowest BCUT2D eigenvalue weighted by molar-refractivity contribution is 0.00724. The molecule has 0 saturated heterocycles. The second-order valence-electron chi connectivity index (χ2n) is 5.85. The van der Waals surface area contributed by atoms with Gasteiger partial charge in [-0.15, -0.1) is 0 Å². The molecule has 0 bridgehead atoms. The Hall–Kier alpha value is -0.120. The van der Waals surface area contributed by atoms with E-state index < -0.39 is 0 Å². The normalized spacial score (nSPS) is 29.1. The maximum absolute atomic E-state index is 5.90. The van der Waals surface area contributed by atoms with Crippen molar-refractivity contribution in [1.82, 2.24) is 5.32 Å². The van der Waals surface area contributed by atoms with Crippen molar-refractivity contribution in [2.75, 3.05) is 7.11 Å². The highest BCUT2D eigenvalue weighted by Crippen LogP contribution is 2.20. The van der Waals surface area contributed by atoms with E-state index in [1.165, 1.54) is 12.8 Å². The van der Waals surface area contributed by atoms with Crippen LogP contribution >= 0.6 is 0 Å². The highest BCUT2D eigenvalue weighted by atomic mass is 16.5. The molecule has 0 aromatic carbocycles. The molecule has 3 N–H and O–H groups in total. The molecule has 16 heavy (non-hydrogen) atoms. The van der Waals surface area contributed by atoms with Crippen LogP contribution in [0.2, 0.25) is 0 Å². The maximum Gasteiger partial charge on any atom is 0.0637 e. The minimum absolute atomic E-state index is 0.0303. The Morgan fingerprint density at radius 2 is 1.88 bits per heavy atom. The SMILES string of the molecule is COC(C)(C)CC(C)NC1CCC(N)CC1. The van der Waals surface area contributed by atoms with Crippen molar-refractivity contribution in [3.63, 3.8) is 0 Å². The third kappa shape index (κ3) is 4.81. The predicted molar refractivity (Wildman–Crippen MR) is 68.5 cm³/mol. The molecule has 0 radical (unpaired) electrons. The van der Waals surface area contributed by atoms with E-state index in [1.54, 1.807) is 7.11 Å². The molecule has 1 aliphatic carbocycles. The molecule has 0 aromatic rings. The van der Waals surface area contributed by atoms with E-state index in [1.807, 2.05) is 0 Å². The predicted octanol–water partition coefficient (Wildman–Crippen LogP) is 2.05. The highest BCUT2D eigenvalue weighted by Gasteiger charge is 2.24. The van der Waals surface area contributed by atoms with Crippen LogP contribution in [0.1, 0.15) is 52.9 Å². The van der Waals surface area contributed by atoms with Crippen molar-refractivity contribution < 1.29 is 4.74 Å². The van der Waals surface area contributed by atoms with Gasteiger partial charge in [0.1, 0.15) is 0 Å². The van der Waals surface area contributed by atoms with Crippen LogP contribution in [0.25, 0.3) is 0 Å². The van der Waals surface area contributed by atoms with Crippen LogP contribution in [0.3, 0.4) is 0 Å². The molecule has 1 atom stereocenters. The zero-order valence-electron chi connectivity index (χ0n) is 11.3. The van der Waals surface area contributed by atoms with Crippen LogP contribution in [0.15, 0.2) is 0 Å². The molecule has 1 fully saturated rings. The van der Waals surface area contributed by atoms with Crippen molar-refractivity contribution in [3.05, 3.63) is 0 Å². The van der Waals surface area contributed by atoms with E-state index in [0.29, 0.717) is 18.1 Å². The van der Waals surface area contributed by atoms with Gasteiger partial charge in [-0.3, -0.25) is 0 Å². The molecule has 1 saturated carbocycles. The van der Waals surface area contributed by atoms with Gasteiger partial charge in [-0.1, -0.05) is 0 Å². The second kappa shape index (κ2) is 5.99. The van der Waals surface area contributed by atoms with Crippen LogP contribution in [0, 0.1) is 0 Å². The molecule has 3 nitrogen and oxygen atoms in total. The molecule has 3 heteroatoms. The summed E-state index contributed by atoms with van der Waals surface area (Å²) in [5.41, 5.74) is 5.87. The standard InChI is InChI=1S/C13H28N2O/c1-10(9-13(2,3)16-4)15-12-7-5-11(14)6-8-12/h10-12,15H,5-9,14H2,1-4H3. The van der Waals surface area contributed by atoms with Crippen LogP contribution in [-0.2, 0) is 4.74 Å². The van der Waals surface area contributed by atoms with Crippen LogP contribution < -0.4 is 11.1 Å². The van der Waals surface area contributed by atoms with Gasteiger partial charge in [0.15, 0.2) is 0 Å². The van der Waals surface area contributed by atoms with Gasteiger partial charge in [0.05, 0.1) is 5.60 Å². The number of nitrogens with one attached hydrogen (secondary N) is 1. The fraction of sp³-hybridized carbons (Fsp3) is 1.00. The first-order valence-electron chi connectivity index (χ1n) is 6.50. The number of nitrogens with two attached hydrogens (primary N) is 1. The molecule has 1 rings (SSSR count). The Labute approximate surface area is 100 Å². The first-order valence-corrected chi connectivity index (χ1v) is 6.50. The summed E-state index contributed by atoms with van der Waals surface area (Å²) in [6, 6.07) is 1.60. The third-order valence-corrected chi connectivity index (χ3v) is 3.64. The van der Waals surface area contributed by atoms with Crippen LogP contribution in [0.5, 0.6) is 0 Å². The zero-order chi connectivity index (χ0) is 12.2. The highest BCUT2D eigenvalue weighted by molar-refractivity contribution is 4.83. The molecule has 0 aliphatic heterocycles. The summed E-state index contributed by atoms with van der Waals surface area (Å²) >= 11 is 0. The van der Waals surface area contributed by atoms with Gasteiger partial charge >= 0.3 is 0 Å². The quantitative estimate of drug-likeness (QED) is 0.757. The monoisotopic (exact) mass is 228 g/mol. The van der Waals surface area contributed by atoms with Gasteiger partial charge in [-0.2, -0.15) is 0 Å². The van der Waals surface area contributed by atoms with Crippen LogP contribution in [-0.4, -0.2) is 30.8 Å². The average Bonchev–Trinajstić information content (AvgIpc) is 2.21. The molecule has 1 unspecified atom stereocenters. The zero-order valence-corrected chi connectivity index (χ0v) is 11.3. The second-order valence-corrected chi connectivity index (χ2v) is 5.85. The molecule has 0 spiro atoms. The molecule has 0 heterocycles. The van der Waals surface area contributed by atoms with E-state index in [-0.39, 0.29) is 5.60 Å². The van der Waals surface area contributed by atoms with Crippen molar-refractivity contribution in [2.24, 2.45) is 5.73 Å². The first-order chi connectivity index (χ1) is 7.43. The van der Waals surface area contributed by atoms with Crippen molar-refractivity contribution in [3.8, 4) is 0 Å². The Morgan fingerprint density at radius 3 is 2.38 bits per heavy atom. The van der Waals surface area contributed by atoms with E-state index in [9.17, 15) is 0 Å². The molecular formula is C13H28N2O. The van der Waals surface area contributed by atoms with Crippen molar-refractivity contribution in [1.29, 1.82) is 0 Å². The van der Waals surface area contributed by atoms with Gasteiger partial charge in [-0.05, 0) is 52.9 Å².